The van der Waals surface area contributed by atoms with Gasteiger partial charge in [-0.15, -0.1) is 5.10 Å². The van der Waals surface area contributed by atoms with E-state index in [1.165, 1.54) is 0 Å². The number of para-hydroxylation sites is 1. The van der Waals surface area contributed by atoms with E-state index >= 15 is 0 Å². The van der Waals surface area contributed by atoms with Gasteiger partial charge >= 0.3 is 12.1 Å². The smallest absolute Gasteiger partial charge is 0.322 e. The zero-order valence-electron chi connectivity index (χ0n) is 27.2. The first-order valence-corrected chi connectivity index (χ1v) is 17.2. The number of aryl methyl sites for hydroxylation is 1. The van der Waals surface area contributed by atoms with Crippen molar-refractivity contribution in [2.75, 3.05) is 64.2 Å². The molecule has 0 bridgehead atoms. The summed E-state index contributed by atoms with van der Waals surface area (Å²) in [6.45, 7) is 9.19. The minimum atomic E-state index is -0.699. The third-order valence-electron chi connectivity index (χ3n) is 10.5. The van der Waals surface area contributed by atoms with E-state index in [1.807, 2.05) is 47.1 Å². The molecular formula is C34H46N10O3. The van der Waals surface area contributed by atoms with E-state index in [2.05, 4.69) is 42.3 Å². The van der Waals surface area contributed by atoms with Crippen LogP contribution in [0.1, 0.15) is 42.4 Å². The Morgan fingerprint density at radius 3 is 2.45 bits per heavy atom. The molecule has 4 aliphatic heterocycles. The molecule has 3 saturated heterocycles. The number of H-pyrrole nitrogens is 1. The standard InChI is InChI=1S/C34H46N10O3/c1-23-20-24(21-29-31(23)39-40-38-29)22-30(32(45)42-13-7-26(8-14-42)41-18-11-35-12-19-41)37-33(46)43-15-9-27(10-16-43)44-17-6-25-4-2-3-5-28(25)36-34(44)47/h2-5,20-21,26-27,30,35H,6-19,22H2,1H3,(H,36,47)(H,37,46)(H,38,39,40). The average molecular weight is 643 g/mol. The molecule has 3 aromatic rings. The zero-order valence-corrected chi connectivity index (χ0v) is 27.2. The van der Waals surface area contributed by atoms with Crippen LogP contribution in [0.25, 0.3) is 11.0 Å². The SMILES string of the molecule is Cc1cc(CC(NC(=O)N2CCC(N3CCc4ccccc4NC3=O)CC2)C(=O)N2CCC(N3CCNCC3)CC2)cc2nn[nH]c12. The number of aromatic amines is 1. The second-order valence-corrected chi connectivity index (χ2v) is 13.4. The van der Waals surface area contributed by atoms with Crippen molar-refractivity contribution in [3.8, 4) is 0 Å². The van der Waals surface area contributed by atoms with Crippen LogP contribution in [0.3, 0.4) is 0 Å². The van der Waals surface area contributed by atoms with E-state index in [4.69, 9.17) is 0 Å². The Labute approximate surface area is 275 Å². The van der Waals surface area contributed by atoms with Gasteiger partial charge in [0.1, 0.15) is 11.6 Å². The van der Waals surface area contributed by atoms with E-state index in [0.717, 1.165) is 78.9 Å². The van der Waals surface area contributed by atoms with E-state index in [-0.39, 0.29) is 24.0 Å². The highest BCUT2D eigenvalue weighted by molar-refractivity contribution is 5.91. The minimum absolute atomic E-state index is 0.0364. The van der Waals surface area contributed by atoms with Gasteiger partial charge in [0, 0.05) is 83.1 Å². The lowest BCUT2D eigenvalue weighted by atomic mass is 9.98. The average Bonchev–Trinajstić information content (AvgIpc) is 3.52. The van der Waals surface area contributed by atoms with Gasteiger partial charge in [0.2, 0.25) is 5.91 Å². The van der Waals surface area contributed by atoms with Crippen molar-refractivity contribution < 1.29 is 14.4 Å². The lowest BCUT2D eigenvalue weighted by Crippen LogP contribution is -2.58. The number of likely N-dealkylation sites (tertiary alicyclic amines) is 2. The van der Waals surface area contributed by atoms with Gasteiger partial charge in [-0.3, -0.25) is 14.8 Å². The quantitative estimate of drug-likeness (QED) is 0.324. The van der Waals surface area contributed by atoms with Crippen LogP contribution >= 0.6 is 0 Å². The molecule has 250 valence electrons. The molecule has 13 heteroatoms. The van der Waals surface area contributed by atoms with Crippen LogP contribution in [0.15, 0.2) is 36.4 Å². The van der Waals surface area contributed by atoms with Gasteiger partial charge in [0.25, 0.3) is 0 Å². The number of piperazine rings is 1. The highest BCUT2D eigenvalue weighted by Crippen LogP contribution is 2.25. The Morgan fingerprint density at radius 2 is 1.66 bits per heavy atom. The number of amides is 5. The molecule has 4 N–H and O–H groups in total. The Bertz CT molecular complexity index is 1590. The highest BCUT2D eigenvalue weighted by Gasteiger charge is 2.35. The number of anilines is 1. The molecule has 5 amide bonds. The maximum absolute atomic E-state index is 14.1. The van der Waals surface area contributed by atoms with Crippen LogP contribution in [0.5, 0.6) is 0 Å². The molecule has 0 spiro atoms. The van der Waals surface area contributed by atoms with Crippen molar-refractivity contribution >= 4 is 34.7 Å². The van der Waals surface area contributed by atoms with E-state index < -0.39 is 6.04 Å². The van der Waals surface area contributed by atoms with Crippen molar-refractivity contribution in [3.63, 3.8) is 0 Å². The first kappa shape index (κ1) is 31.4. The topological polar surface area (TPSA) is 142 Å². The van der Waals surface area contributed by atoms with Crippen molar-refractivity contribution in [1.82, 2.24) is 45.6 Å². The fraction of sp³-hybridized carbons (Fsp3) is 0.559. The summed E-state index contributed by atoms with van der Waals surface area (Å²) >= 11 is 0. The van der Waals surface area contributed by atoms with Gasteiger partial charge in [-0.05, 0) is 67.9 Å². The maximum Gasteiger partial charge on any atom is 0.322 e. The molecule has 4 aliphatic rings. The van der Waals surface area contributed by atoms with Gasteiger partial charge in [-0.25, -0.2) is 9.59 Å². The minimum Gasteiger partial charge on any atom is -0.341 e. The second kappa shape index (κ2) is 13.9. The van der Waals surface area contributed by atoms with Crippen LogP contribution in [-0.4, -0.2) is 130 Å². The maximum atomic E-state index is 14.1. The number of benzene rings is 2. The van der Waals surface area contributed by atoms with Gasteiger partial charge in [-0.1, -0.05) is 29.5 Å². The molecule has 0 saturated carbocycles. The molecule has 3 fully saturated rings. The summed E-state index contributed by atoms with van der Waals surface area (Å²) in [5.41, 5.74) is 5.57. The number of carbonyl (C=O) groups excluding carboxylic acids is 3. The third-order valence-corrected chi connectivity index (χ3v) is 10.5. The number of nitrogens with zero attached hydrogens (tertiary/aromatic N) is 6. The molecule has 0 aliphatic carbocycles. The Hall–Kier alpha value is -4.23. The number of nitrogens with one attached hydrogen (secondary N) is 4. The second-order valence-electron chi connectivity index (χ2n) is 13.4. The predicted octanol–water partition coefficient (Wildman–Crippen LogP) is 2.34. The Kier molecular flexibility index (Phi) is 9.25. The number of aromatic nitrogens is 3. The number of hydrogen-bond donors (Lipinski definition) is 4. The van der Waals surface area contributed by atoms with Crippen molar-refractivity contribution in [2.24, 2.45) is 0 Å². The first-order chi connectivity index (χ1) is 22.9. The van der Waals surface area contributed by atoms with Crippen LogP contribution in [0.4, 0.5) is 15.3 Å². The summed E-state index contributed by atoms with van der Waals surface area (Å²) in [5, 5.41) is 20.7. The normalized spacial score (nSPS) is 20.9. The summed E-state index contributed by atoms with van der Waals surface area (Å²) in [6.07, 6.45) is 4.44. The van der Waals surface area contributed by atoms with Gasteiger partial charge in [0.15, 0.2) is 0 Å². The lowest BCUT2D eigenvalue weighted by molar-refractivity contribution is -0.134. The zero-order chi connectivity index (χ0) is 32.3. The number of piperidine rings is 2. The molecule has 1 aromatic heterocycles. The summed E-state index contributed by atoms with van der Waals surface area (Å²) in [4.78, 5) is 49.2. The molecule has 1 atom stereocenters. The van der Waals surface area contributed by atoms with Gasteiger partial charge in [-0.2, -0.15) is 0 Å². The molecule has 47 heavy (non-hydrogen) atoms. The van der Waals surface area contributed by atoms with Crippen molar-refractivity contribution in [2.45, 2.75) is 63.6 Å². The fourth-order valence-corrected chi connectivity index (χ4v) is 7.83. The number of carbonyl (C=O) groups is 3. The summed E-state index contributed by atoms with van der Waals surface area (Å²) in [5.74, 6) is -0.0364. The van der Waals surface area contributed by atoms with Gasteiger partial charge < -0.3 is 30.7 Å². The van der Waals surface area contributed by atoms with Crippen LogP contribution < -0.4 is 16.0 Å². The molecule has 2 aromatic carbocycles. The monoisotopic (exact) mass is 642 g/mol. The van der Waals surface area contributed by atoms with Crippen molar-refractivity contribution in [3.05, 3.63) is 53.1 Å². The van der Waals surface area contributed by atoms with E-state index in [0.29, 0.717) is 58.0 Å². The number of rotatable bonds is 6. The van der Waals surface area contributed by atoms with E-state index in [1.54, 1.807) is 4.90 Å². The largest absolute Gasteiger partial charge is 0.341 e. The Balaban J connectivity index is 1.00. The number of fused-ring (bicyclic) bond motifs is 2. The molecule has 1 unspecified atom stereocenters. The molecule has 7 rings (SSSR count). The third kappa shape index (κ3) is 6.91. The highest BCUT2D eigenvalue weighted by atomic mass is 16.2. The van der Waals surface area contributed by atoms with Crippen LogP contribution in [-0.2, 0) is 17.6 Å². The summed E-state index contributed by atoms with van der Waals surface area (Å²) in [7, 11) is 0. The Morgan fingerprint density at radius 1 is 0.936 bits per heavy atom. The number of hydrogen-bond acceptors (Lipinski definition) is 7. The van der Waals surface area contributed by atoms with Crippen LogP contribution in [0.2, 0.25) is 0 Å². The van der Waals surface area contributed by atoms with Crippen LogP contribution in [0, 0.1) is 6.92 Å². The van der Waals surface area contributed by atoms with Gasteiger partial charge in [0.05, 0.1) is 5.52 Å². The first-order valence-electron chi connectivity index (χ1n) is 17.2. The number of urea groups is 2. The lowest BCUT2D eigenvalue weighted by Gasteiger charge is -2.41. The molecular weight excluding hydrogens is 596 g/mol. The molecule has 13 nitrogen and oxygen atoms in total. The summed E-state index contributed by atoms with van der Waals surface area (Å²) < 4.78 is 0. The molecule has 5 heterocycles. The molecule has 0 radical (unpaired) electrons. The van der Waals surface area contributed by atoms with E-state index in [9.17, 15) is 14.4 Å². The van der Waals surface area contributed by atoms with Crippen molar-refractivity contribution in [1.29, 1.82) is 0 Å². The predicted molar refractivity (Wildman–Crippen MR) is 179 cm³/mol. The summed E-state index contributed by atoms with van der Waals surface area (Å²) in [6, 6.07) is 11.5. The fourth-order valence-electron chi connectivity index (χ4n) is 7.83.